The molecule has 0 saturated heterocycles. The number of hydrogen-bond donors (Lipinski definition) is 1. The Morgan fingerprint density at radius 1 is 1.19 bits per heavy atom. The lowest BCUT2D eigenvalue weighted by atomic mass is 9.47. The zero-order valence-electron chi connectivity index (χ0n) is 19.7. The molecule has 2 nitrogen and oxygen atoms in total. The maximum atomic E-state index is 13.0. The SMILES string of the molecule is C[C@H](CCCC(C)(O)C(F)F)[C@H]1CC[C@H]2[C@@H]3CCC4=CC(=O)C=C[C@]4(C)[C@H]3CC[C@]12C. The predicted octanol–water partition coefficient (Wildman–Crippen LogP) is 6.73. The summed E-state index contributed by atoms with van der Waals surface area (Å²) in [5, 5.41) is 9.89. The highest BCUT2D eigenvalue weighted by atomic mass is 19.3. The zero-order valence-corrected chi connectivity index (χ0v) is 19.7. The molecule has 4 aliphatic carbocycles. The van der Waals surface area contributed by atoms with Crippen LogP contribution in [0.4, 0.5) is 8.78 Å². The summed E-state index contributed by atoms with van der Waals surface area (Å²) in [4.78, 5) is 11.9. The lowest BCUT2D eigenvalue weighted by Crippen LogP contribution is -2.50. The molecule has 0 spiro atoms. The minimum atomic E-state index is -2.68. The molecule has 0 aromatic rings. The summed E-state index contributed by atoms with van der Waals surface area (Å²) in [6, 6.07) is 0. The van der Waals surface area contributed by atoms with Crippen LogP contribution in [-0.4, -0.2) is 22.9 Å². The van der Waals surface area contributed by atoms with Gasteiger partial charge >= 0.3 is 0 Å². The smallest absolute Gasteiger partial charge is 0.266 e. The van der Waals surface area contributed by atoms with E-state index in [1.807, 2.05) is 6.08 Å². The molecule has 4 rings (SSSR count). The Bertz CT molecular complexity index is 769. The van der Waals surface area contributed by atoms with E-state index in [0.29, 0.717) is 29.6 Å². The summed E-state index contributed by atoms with van der Waals surface area (Å²) < 4.78 is 25.9. The van der Waals surface area contributed by atoms with Gasteiger partial charge < -0.3 is 5.11 Å². The van der Waals surface area contributed by atoms with Crippen molar-refractivity contribution in [1.29, 1.82) is 0 Å². The minimum Gasteiger partial charge on any atom is -0.384 e. The van der Waals surface area contributed by atoms with Crippen LogP contribution in [0.2, 0.25) is 0 Å². The van der Waals surface area contributed by atoms with Crippen LogP contribution in [0.1, 0.15) is 85.5 Å². The van der Waals surface area contributed by atoms with Gasteiger partial charge in [0.15, 0.2) is 5.78 Å². The lowest BCUT2D eigenvalue weighted by Gasteiger charge is -2.57. The minimum absolute atomic E-state index is 0.0444. The van der Waals surface area contributed by atoms with Crippen molar-refractivity contribution >= 4 is 5.78 Å². The quantitative estimate of drug-likeness (QED) is 0.503. The van der Waals surface area contributed by atoms with Gasteiger partial charge in [0.25, 0.3) is 6.43 Å². The van der Waals surface area contributed by atoms with E-state index < -0.39 is 12.0 Å². The van der Waals surface area contributed by atoms with Crippen molar-refractivity contribution in [3.05, 3.63) is 23.8 Å². The first-order valence-corrected chi connectivity index (χ1v) is 12.4. The molecule has 31 heavy (non-hydrogen) atoms. The second-order valence-electron chi connectivity index (χ2n) is 11.9. The number of alkyl halides is 2. The van der Waals surface area contributed by atoms with Gasteiger partial charge in [0.2, 0.25) is 0 Å². The van der Waals surface area contributed by atoms with Gasteiger partial charge in [-0.25, -0.2) is 8.78 Å². The summed E-state index contributed by atoms with van der Waals surface area (Å²) in [5.74, 6) is 3.37. The molecule has 0 aliphatic heterocycles. The van der Waals surface area contributed by atoms with Gasteiger partial charge in [-0.3, -0.25) is 4.79 Å². The summed E-state index contributed by atoms with van der Waals surface area (Å²) in [7, 11) is 0. The molecule has 1 unspecified atom stereocenters. The fourth-order valence-electron chi connectivity index (χ4n) is 8.27. The van der Waals surface area contributed by atoms with E-state index in [1.54, 1.807) is 6.08 Å². The Balaban J connectivity index is 1.44. The van der Waals surface area contributed by atoms with E-state index in [2.05, 4.69) is 26.8 Å². The molecule has 0 amide bonds. The number of hydrogen-bond acceptors (Lipinski definition) is 2. The fourth-order valence-corrected chi connectivity index (χ4v) is 8.27. The number of carbonyl (C=O) groups is 1. The zero-order chi connectivity index (χ0) is 22.6. The number of allylic oxidation sites excluding steroid dienone is 4. The molecule has 0 aromatic heterocycles. The van der Waals surface area contributed by atoms with E-state index in [4.69, 9.17) is 0 Å². The van der Waals surface area contributed by atoms with Crippen LogP contribution in [0.5, 0.6) is 0 Å². The van der Waals surface area contributed by atoms with Crippen LogP contribution in [-0.2, 0) is 4.79 Å². The van der Waals surface area contributed by atoms with Crippen molar-refractivity contribution in [3.63, 3.8) is 0 Å². The average molecular weight is 435 g/mol. The third-order valence-electron chi connectivity index (χ3n) is 10.1. The third-order valence-corrected chi connectivity index (χ3v) is 10.1. The lowest BCUT2D eigenvalue weighted by molar-refractivity contribution is -0.111. The molecule has 1 N–H and O–H groups in total. The summed E-state index contributed by atoms with van der Waals surface area (Å²) in [6.07, 6.45) is 12.2. The summed E-state index contributed by atoms with van der Waals surface area (Å²) in [6.45, 7) is 8.42. The van der Waals surface area contributed by atoms with Gasteiger partial charge in [-0.15, -0.1) is 0 Å². The van der Waals surface area contributed by atoms with Crippen LogP contribution in [0.15, 0.2) is 23.8 Å². The Morgan fingerprint density at radius 3 is 2.65 bits per heavy atom. The van der Waals surface area contributed by atoms with Crippen LogP contribution >= 0.6 is 0 Å². The van der Waals surface area contributed by atoms with Crippen molar-refractivity contribution in [3.8, 4) is 0 Å². The summed E-state index contributed by atoms with van der Waals surface area (Å²) >= 11 is 0. The molecule has 0 aromatic carbocycles. The van der Waals surface area contributed by atoms with Gasteiger partial charge in [-0.2, -0.15) is 0 Å². The second kappa shape index (κ2) is 8.08. The second-order valence-corrected chi connectivity index (χ2v) is 11.9. The Labute approximate surface area is 186 Å². The van der Waals surface area contributed by atoms with E-state index in [-0.39, 0.29) is 17.6 Å². The number of ketones is 1. The van der Waals surface area contributed by atoms with Gasteiger partial charge in [0, 0.05) is 5.41 Å². The van der Waals surface area contributed by atoms with Crippen LogP contribution in [0.3, 0.4) is 0 Å². The molecular formula is C27H40F2O2. The van der Waals surface area contributed by atoms with Crippen molar-refractivity contribution < 1.29 is 18.7 Å². The Kier molecular flexibility index (Phi) is 6.03. The van der Waals surface area contributed by atoms with Gasteiger partial charge in [-0.1, -0.05) is 45.3 Å². The number of carbonyl (C=O) groups excluding carboxylic acids is 1. The highest BCUT2D eigenvalue weighted by Gasteiger charge is 2.58. The normalized spacial score (nSPS) is 42.5. The largest absolute Gasteiger partial charge is 0.384 e. The van der Waals surface area contributed by atoms with E-state index in [0.717, 1.165) is 24.7 Å². The molecule has 3 fully saturated rings. The van der Waals surface area contributed by atoms with Gasteiger partial charge in [0.05, 0.1) is 0 Å². The third kappa shape index (κ3) is 3.85. The maximum Gasteiger partial charge on any atom is 0.266 e. The van der Waals surface area contributed by atoms with Crippen molar-refractivity contribution in [1.82, 2.24) is 0 Å². The molecule has 4 heteroatoms. The Hall–Kier alpha value is -1.03. The molecule has 0 radical (unpaired) electrons. The average Bonchev–Trinajstić information content (AvgIpc) is 3.05. The molecular weight excluding hydrogens is 394 g/mol. The topological polar surface area (TPSA) is 37.3 Å². The first-order chi connectivity index (χ1) is 14.5. The monoisotopic (exact) mass is 434 g/mol. The van der Waals surface area contributed by atoms with Crippen molar-refractivity contribution in [2.45, 2.75) is 97.5 Å². The number of aliphatic hydroxyl groups is 1. The van der Waals surface area contributed by atoms with E-state index in [9.17, 15) is 18.7 Å². The van der Waals surface area contributed by atoms with E-state index in [1.165, 1.54) is 44.6 Å². The number of fused-ring (bicyclic) bond motifs is 5. The molecule has 4 aliphatic rings. The first-order valence-electron chi connectivity index (χ1n) is 12.4. The first kappa shape index (κ1) is 23.1. The van der Waals surface area contributed by atoms with Gasteiger partial charge in [-0.05, 0) is 99.0 Å². The van der Waals surface area contributed by atoms with Crippen LogP contribution in [0, 0.1) is 40.4 Å². The van der Waals surface area contributed by atoms with Crippen molar-refractivity contribution in [2.75, 3.05) is 0 Å². The van der Waals surface area contributed by atoms with Crippen LogP contribution in [0.25, 0.3) is 0 Å². The summed E-state index contributed by atoms with van der Waals surface area (Å²) in [5.41, 5.74) is -0.142. The molecule has 8 atom stereocenters. The highest BCUT2D eigenvalue weighted by Crippen LogP contribution is 2.67. The highest BCUT2D eigenvalue weighted by molar-refractivity contribution is 6.01. The predicted molar refractivity (Wildman–Crippen MR) is 120 cm³/mol. The fraction of sp³-hybridized carbons (Fsp3) is 0.815. The molecule has 3 saturated carbocycles. The molecule has 174 valence electrons. The maximum absolute atomic E-state index is 13.0. The molecule has 0 heterocycles. The van der Waals surface area contributed by atoms with Crippen molar-refractivity contribution in [2.24, 2.45) is 40.4 Å². The molecule has 0 bridgehead atoms. The van der Waals surface area contributed by atoms with E-state index >= 15 is 0 Å². The standard InChI is InChI=1S/C27H40F2O2/c1-17(6-5-13-27(4,31)24(28)29)21-9-10-22-20-8-7-18-16-19(30)11-14-25(18,2)23(20)12-15-26(21,22)3/h11,14,16-17,20-24,31H,5-10,12-13,15H2,1-4H3/t17-,20+,21-,22+,23+,25+,26-,27?/m1/s1. The van der Waals surface area contributed by atoms with Gasteiger partial charge in [0.1, 0.15) is 5.60 Å². The number of halogens is 2. The Morgan fingerprint density at radius 2 is 1.94 bits per heavy atom. The van der Waals surface area contributed by atoms with Crippen LogP contribution < -0.4 is 0 Å². The number of rotatable bonds is 6.